The first-order valence-corrected chi connectivity index (χ1v) is 6.85. The Morgan fingerprint density at radius 3 is 3.00 bits per heavy atom. The molecule has 1 heterocycles. The van der Waals surface area contributed by atoms with E-state index in [2.05, 4.69) is 22.4 Å². The number of rotatable bonds is 4. The molecule has 5 nitrogen and oxygen atoms in total. The van der Waals surface area contributed by atoms with Gasteiger partial charge >= 0.3 is 0 Å². The summed E-state index contributed by atoms with van der Waals surface area (Å²) in [5.74, 6) is 2.09. The number of hydrogen-bond acceptors (Lipinski definition) is 4. The molecule has 1 aliphatic rings. The number of tetrazole rings is 1. The van der Waals surface area contributed by atoms with Gasteiger partial charge in [0.1, 0.15) is 0 Å². The van der Waals surface area contributed by atoms with Crippen molar-refractivity contribution in [3.63, 3.8) is 0 Å². The summed E-state index contributed by atoms with van der Waals surface area (Å²) in [4.78, 5) is 0. The lowest BCUT2D eigenvalue weighted by Gasteiger charge is -2.12. The summed E-state index contributed by atoms with van der Waals surface area (Å²) >= 11 is 6.05. The molecular formula is C13H16ClN5. The van der Waals surface area contributed by atoms with E-state index in [1.807, 2.05) is 16.8 Å². The monoisotopic (exact) mass is 277 g/mol. The van der Waals surface area contributed by atoms with Crippen LogP contribution >= 0.6 is 11.6 Å². The normalized spacial score (nSPS) is 16.5. The summed E-state index contributed by atoms with van der Waals surface area (Å²) < 4.78 is 1.82. The van der Waals surface area contributed by atoms with Gasteiger partial charge in [0.05, 0.1) is 10.7 Å². The summed E-state index contributed by atoms with van der Waals surface area (Å²) in [5, 5.41) is 12.5. The standard InChI is InChI=1S/C13H16ClN5/c1-8(9-5-6-9)7-19-13(16-17-18-19)10-3-2-4-11(14)12(10)15/h2-4,8-9H,5-7,15H2,1H3. The topological polar surface area (TPSA) is 69.6 Å². The lowest BCUT2D eigenvalue weighted by atomic mass is 10.1. The second-order valence-electron chi connectivity index (χ2n) is 5.20. The van der Waals surface area contributed by atoms with Crippen molar-refractivity contribution >= 4 is 17.3 Å². The molecule has 1 aromatic heterocycles. The zero-order chi connectivity index (χ0) is 13.4. The summed E-state index contributed by atoms with van der Waals surface area (Å²) in [6, 6.07) is 5.52. The highest BCUT2D eigenvalue weighted by molar-refractivity contribution is 6.33. The van der Waals surface area contributed by atoms with Crippen molar-refractivity contribution in [1.29, 1.82) is 0 Å². The molecule has 1 unspecified atom stereocenters. The third kappa shape index (κ3) is 2.42. The second-order valence-corrected chi connectivity index (χ2v) is 5.61. The van der Waals surface area contributed by atoms with E-state index < -0.39 is 0 Å². The molecule has 1 atom stereocenters. The lowest BCUT2D eigenvalue weighted by Crippen LogP contribution is -2.12. The Bertz CT molecular complexity index is 590. The maximum Gasteiger partial charge on any atom is 0.184 e. The van der Waals surface area contributed by atoms with E-state index in [1.54, 1.807) is 6.07 Å². The van der Waals surface area contributed by atoms with Crippen LogP contribution in [0, 0.1) is 11.8 Å². The maximum absolute atomic E-state index is 6.05. The Kier molecular flexibility index (Phi) is 3.14. The van der Waals surface area contributed by atoms with E-state index in [9.17, 15) is 0 Å². The zero-order valence-corrected chi connectivity index (χ0v) is 11.5. The molecule has 0 spiro atoms. The van der Waals surface area contributed by atoms with Crippen LogP contribution in [0.5, 0.6) is 0 Å². The van der Waals surface area contributed by atoms with Gasteiger partial charge in [0.25, 0.3) is 0 Å². The minimum atomic E-state index is 0.527. The molecular weight excluding hydrogens is 262 g/mol. The maximum atomic E-state index is 6.05. The summed E-state index contributed by atoms with van der Waals surface area (Å²) in [5.41, 5.74) is 7.32. The third-order valence-electron chi connectivity index (χ3n) is 3.71. The van der Waals surface area contributed by atoms with Crippen LogP contribution in [0.25, 0.3) is 11.4 Å². The zero-order valence-electron chi connectivity index (χ0n) is 10.8. The molecule has 1 saturated carbocycles. The smallest absolute Gasteiger partial charge is 0.184 e. The van der Waals surface area contributed by atoms with E-state index in [-0.39, 0.29) is 0 Å². The number of hydrogen-bond donors (Lipinski definition) is 1. The molecule has 1 fully saturated rings. The fraction of sp³-hybridized carbons (Fsp3) is 0.462. The van der Waals surface area contributed by atoms with Crippen molar-refractivity contribution in [2.75, 3.05) is 5.73 Å². The summed E-state index contributed by atoms with van der Waals surface area (Å²) in [7, 11) is 0. The van der Waals surface area contributed by atoms with Crippen LogP contribution in [0.1, 0.15) is 19.8 Å². The lowest BCUT2D eigenvalue weighted by molar-refractivity contribution is 0.402. The molecule has 0 bridgehead atoms. The fourth-order valence-electron chi connectivity index (χ4n) is 2.34. The SMILES string of the molecule is CC(Cn1nnnc1-c1cccc(Cl)c1N)C1CC1. The van der Waals surface area contributed by atoms with E-state index in [0.29, 0.717) is 22.5 Å². The van der Waals surface area contributed by atoms with Gasteiger partial charge in [-0.05, 0) is 47.2 Å². The van der Waals surface area contributed by atoms with Gasteiger partial charge in [-0.15, -0.1) is 5.10 Å². The van der Waals surface area contributed by atoms with Gasteiger partial charge in [0.15, 0.2) is 5.82 Å². The van der Waals surface area contributed by atoms with Crippen LogP contribution < -0.4 is 5.73 Å². The van der Waals surface area contributed by atoms with Crippen molar-refractivity contribution < 1.29 is 0 Å². The molecule has 1 aromatic carbocycles. The van der Waals surface area contributed by atoms with Crippen molar-refractivity contribution in [1.82, 2.24) is 20.2 Å². The van der Waals surface area contributed by atoms with Crippen LogP contribution in [0.3, 0.4) is 0 Å². The second kappa shape index (κ2) is 4.81. The minimum Gasteiger partial charge on any atom is -0.397 e. The van der Waals surface area contributed by atoms with Crippen LogP contribution in [-0.4, -0.2) is 20.2 Å². The van der Waals surface area contributed by atoms with E-state index in [1.165, 1.54) is 12.8 Å². The number of nitrogen functional groups attached to an aromatic ring is 1. The highest BCUT2D eigenvalue weighted by Crippen LogP contribution is 2.38. The molecule has 6 heteroatoms. The molecule has 3 rings (SSSR count). The van der Waals surface area contributed by atoms with Crippen molar-refractivity contribution in [2.45, 2.75) is 26.3 Å². The first-order valence-electron chi connectivity index (χ1n) is 6.47. The summed E-state index contributed by atoms with van der Waals surface area (Å²) in [6.45, 7) is 3.06. The van der Waals surface area contributed by atoms with Crippen LogP contribution in [0.15, 0.2) is 18.2 Å². The van der Waals surface area contributed by atoms with Crippen LogP contribution in [0.2, 0.25) is 5.02 Å². The van der Waals surface area contributed by atoms with Gasteiger partial charge in [-0.1, -0.05) is 24.6 Å². The molecule has 19 heavy (non-hydrogen) atoms. The van der Waals surface area contributed by atoms with Crippen molar-refractivity contribution in [2.24, 2.45) is 11.8 Å². The molecule has 100 valence electrons. The van der Waals surface area contributed by atoms with Gasteiger partial charge in [-0.3, -0.25) is 0 Å². The number of nitrogens with zero attached hydrogens (tertiary/aromatic N) is 4. The molecule has 0 saturated heterocycles. The Morgan fingerprint density at radius 1 is 1.47 bits per heavy atom. The molecule has 0 radical (unpaired) electrons. The summed E-state index contributed by atoms with van der Waals surface area (Å²) in [6.07, 6.45) is 2.63. The van der Waals surface area contributed by atoms with E-state index in [4.69, 9.17) is 17.3 Å². The number of nitrogens with two attached hydrogens (primary N) is 1. The highest BCUT2D eigenvalue weighted by Gasteiger charge is 2.29. The van der Waals surface area contributed by atoms with Crippen molar-refractivity contribution in [3.05, 3.63) is 23.2 Å². The van der Waals surface area contributed by atoms with E-state index in [0.717, 1.165) is 18.0 Å². The molecule has 2 N–H and O–H groups in total. The first-order chi connectivity index (χ1) is 9.16. The molecule has 0 amide bonds. The van der Waals surface area contributed by atoms with Crippen LogP contribution in [-0.2, 0) is 6.54 Å². The first kappa shape index (κ1) is 12.4. The molecule has 1 aliphatic carbocycles. The number of aromatic nitrogens is 4. The largest absolute Gasteiger partial charge is 0.397 e. The average Bonchev–Trinajstić information content (AvgIpc) is 3.15. The number of anilines is 1. The van der Waals surface area contributed by atoms with E-state index >= 15 is 0 Å². The quantitative estimate of drug-likeness (QED) is 0.872. The number of para-hydroxylation sites is 1. The Hall–Kier alpha value is -1.62. The molecule has 0 aliphatic heterocycles. The van der Waals surface area contributed by atoms with Gasteiger partial charge in [-0.25, -0.2) is 4.68 Å². The van der Waals surface area contributed by atoms with Gasteiger partial charge in [0, 0.05) is 12.1 Å². The van der Waals surface area contributed by atoms with Gasteiger partial charge in [-0.2, -0.15) is 0 Å². The Labute approximate surface area is 116 Å². The Balaban J connectivity index is 1.92. The number of benzene rings is 1. The Morgan fingerprint density at radius 2 is 2.26 bits per heavy atom. The minimum absolute atomic E-state index is 0.527. The number of halogens is 1. The van der Waals surface area contributed by atoms with Gasteiger partial charge < -0.3 is 5.73 Å². The predicted molar refractivity (Wildman–Crippen MR) is 74.6 cm³/mol. The molecule has 2 aromatic rings. The van der Waals surface area contributed by atoms with Crippen LogP contribution in [0.4, 0.5) is 5.69 Å². The highest BCUT2D eigenvalue weighted by atomic mass is 35.5. The predicted octanol–water partition coefficient (Wildman–Crippen LogP) is 2.62. The van der Waals surface area contributed by atoms with Crippen molar-refractivity contribution in [3.8, 4) is 11.4 Å². The van der Waals surface area contributed by atoms with Gasteiger partial charge in [0.2, 0.25) is 0 Å². The average molecular weight is 278 g/mol. The third-order valence-corrected chi connectivity index (χ3v) is 4.04. The fourth-order valence-corrected chi connectivity index (χ4v) is 2.51.